The molecule has 0 spiro atoms. The van der Waals surface area contributed by atoms with Gasteiger partial charge in [-0.15, -0.1) is 0 Å². The Hall–Kier alpha value is -4.44. The highest BCUT2D eigenvalue weighted by molar-refractivity contribution is 5.94. The molecule has 0 saturated carbocycles. The molecular formula is C29H21N3O. The summed E-state index contributed by atoms with van der Waals surface area (Å²) in [7, 11) is 0. The second kappa shape index (κ2) is 8.97. The van der Waals surface area contributed by atoms with Crippen molar-refractivity contribution >= 4 is 5.78 Å². The molecule has 0 aliphatic heterocycles. The summed E-state index contributed by atoms with van der Waals surface area (Å²) < 4.78 is 0. The monoisotopic (exact) mass is 427 g/mol. The molecule has 0 bridgehead atoms. The fourth-order valence-electron chi connectivity index (χ4n) is 3.77. The van der Waals surface area contributed by atoms with E-state index in [1.807, 2.05) is 60.9 Å². The van der Waals surface area contributed by atoms with Crippen LogP contribution in [0.3, 0.4) is 0 Å². The van der Waals surface area contributed by atoms with Crippen molar-refractivity contribution in [3.63, 3.8) is 0 Å². The van der Waals surface area contributed by atoms with Gasteiger partial charge in [0.15, 0.2) is 5.78 Å². The van der Waals surface area contributed by atoms with Crippen molar-refractivity contribution < 1.29 is 4.79 Å². The van der Waals surface area contributed by atoms with Crippen LogP contribution < -0.4 is 0 Å². The average molecular weight is 428 g/mol. The molecular weight excluding hydrogens is 406 g/mol. The van der Waals surface area contributed by atoms with Crippen molar-refractivity contribution in [2.24, 2.45) is 0 Å². The van der Waals surface area contributed by atoms with Gasteiger partial charge in [-0.2, -0.15) is 0 Å². The van der Waals surface area contributed by atoms with Crippen molar-refractivity contribution in [3.05, 3.63) is 115 Å². The van der Waals surface area contributed by atoms with Crippen LogP contribution >= 0.6 is 0 Å². The van der Waals surface area contributed by atoms with E-state index in [2.05, 4.69) is 46.4 Å². The van der Waals surface area contributed by atoms with Crippen molar-refractivity contribution in [1.29, 1.82) is 0 Å². The summed E-state index contributed by atoms with van der Waals surface area (Å²) in [6, 6.07) is 28.2. The fraction of sp³-hybridized carbons (Fsp3) is 0.0345. The summed E-state index contributed by atoms with van der Waals surface area (Å²) in [5.74, 6) is 0.0726. The molecule has 5 aromatic rings. The first kappa shape index (κ1) is 20.5. The molecule has 0 amide bonds. The molecule has 3 heterocycles. The number of carbonyl (C=O) groups excluding carboxylic acids is 1. The quantitative estimate of drug-likeness (QED) is 0.291. The van der Waals surface area contributed by atoms with Gasteiger partial charge in [-0.05, 0) is 65.6 Å². The van der Waals surface area contributed by atoms with Crippen LogP contribution in [-0.2, 0) is 0 Å². The molecule has 4 heteroatoms. The van der Waals surface area contributed by atoms with E-state index >= 15 is 0 Å². The van der Waals surface area contributed by atoms with Crippen LogP contribution in [0, 0.1) is 0 Å². The van der Waals surface area contributed by atoms with E-state index in [0.717, 1.165) is 50.3 Å². The van der Waals surface area contributed by atoms with Crippen LogP contribution in [-0.4, -0.2) is 20.7 Å². The first-order valence-electron chi connectivity index (χ1n) is 10.7. The maximum Gasteiger partial charge on any atom is 0.159 e. The van der Waals surface area contributed by atoms with Gasteiger partial charge in [-0.25, -0.2) is 4.98 Å². The lowest BCUT2D eigenvalue weighted by Gasteiger charge is -2.11. The Kier molecular flexibility index (Phi) is 5.56. The molecule has 0 atom stereocenters. The zero-order valence-electron chi connectivity index (χ0n) is 18.1. The number of carbonyl (C=O) groups is 1. The summed E-state index contributed by atoms with van der Waals surface area (Å²) in [6.45, 7) is 1.58. The van der Waals surface area contributed by atoms with Gasteiger partial charge >= 0.3 is 0 Å². The number of Topliss-reactive ketones (excluding diaryl/α,β-unsaturated/α-hetero) is 1. The number of aromatic nitrogens is 3. The van der Waals surface area contributed by atoms with Crippen LogP contribution in [0.2, 0.25) is 0 Å². The van der Waals surface area contributed by atoms with Crippen LogP contribution in [0.25, 0.3) is 44.8 Å². The van der Waals surface area contributed by atoms with Crippen LogP contribution in [0.15, 0.2) is 110 Å². The van der Waals surface area contributed by atoms with Gasteiger partial charge in [0, 0.05) is 41.5 Å². The molecule has 0 radical (unpaired) electrons. The van der Waals surface area contributed by atoms with Gasteiger partial charge in [0.25, 0.3) is 0 Å². The Bertz CT molecular complexity index is 1340. The van der Waals surface area contributed by atoms with Crippen molar-refractivity contribution in [3.8, 4) is 44.8 Å². The number of hydrogen-bond donors (Lipinski definition) is 0. The molecule has 3 aromatic heterocycles. The van der Waals surface area contributed by atoms with Crippen LogP contribution in [0.5, 0.6) is 0 Å². The topological polar surface area (TPSA) is 55.7 Å². The molecule has 0 fully saturated rings. The number of rotatable bonds is 5. The SMILES string of the molecule is CC(=O)c1ccc(-c2ccc(-c3cc(-c4cccnc4)nc(-c4cccnc4)c3)cc2)cc1. The second-order valence-corrected chi connectivity index (χ2v) is 7.82. The molecule has 0 aliphatic rings. The van der Waals surface area contributed by atoms with Gasteiger partial charge in [0.2, 0.25) is 0 Å². The summed E-state index contributed by atoms with van der Waals surface area (Å²) >= 11 is 0. The number of hydrogen-bond acceptors (Lipinski definition) is 4. The zero-order chi connectivity index (χ0) is 22.6. The van der Waals surface area contributed by atoms with Crippen molar-refractivity contribution in [1.82, 2.24) is 15.0 Å². The predicted octanol–water partition coefficient (Wildman–Crippen LogP) is 6.74. The minimum Gasteiger partial charge on any atom is -0.295 e. The van der Waals surface area contributed by atoms with Crippen LogP contribution in [0.1, 0.15) is 17.3 Å². The number of benzene rings is 2. The Balaban J connectivity index is 1.55. The second-order valence-electron chi connectivity index (χ2n) is 7.82. The summed E-state index contributed by atoms with van der Waals surface area (Å²) in [6.07, 6.45) is 7.17. The molecule has 5 rings (SSSR count). The Morgan fingerprint density at radius 2 is 1.03 bits per heavy atom. The summed E-state index contributed by atoms with van der Waals surface area (Å²) in [4.78, 5) is 24.9. The van der Waals surface area contributed by atoms with Crippen molar-refractivity contribution in [2.75, 3.05) is 0 Å². The number of ketones is 1. The highest BCUT2D eigenvalue weighted by atomic mass is 16.1. The van der Waals surface area contributed by atoms with E-state index in [1.165, 1.54) is 0 Å². The van der Waals surface area contributed by atoms with Crippen molar-refractivity contribution in [2.45, 2.75) is 6.92 Å². The van der Waals surface area contributed by atoms with E-state index < -0.39 is 0 Å². The first-order chi connectivity index (χ1) is 16.2. The lowest BCUT2D eigenvalue weighted by molar-refractivity contribution is 0.101. The number of nitrogens with zero attached hydrogens (tertiary/aromatic N) is 3. The first-order valence-corrected chi connectivity index (χ1v) is 10.7. The van der Waals surface area contributed by atoms with Gasteiger partial charge in [-0.3, -0.25) is 14.8 Å². The van der Waals surface area contributed by atoms with E-state index in [1.54, 1.807) is 19.3 Å². The third-order valence-corrected chi connectivity index (χ3v) is 5.58. The predicted molar refractivity (Wildman–Crippen MR) is 132 cm³/mol. The lowest BCUT2D eigenvalue weighted by atomic mass is 9.97. The normalized spacial score (nSPS) is 10.7. The molecule has 0 aliphatic carbocycles. The van der Waals surface area contributed by atoms with E-state index in [9.17, 15) is 4.79 Å². The minimum atomic E-state index is 0.0726. The average Bonchev–Trinajstić information content (AvgIpc) is 2.89. The highest BCUT2D eigenvalue weighted by Crippen LogP contribution is 2.31. The molecule has 0 saturated heterocycles. The van der Waals surface area contributed by atoms with E-state index in [4.69, 9.17) is 4.98 Å². The Morgan fingerprint density at radius 1 is 0.576 bits per heavy atom. The smallest absolute Gasteiger partial charge is 0.159 e. The zero-order valence-corrected chi connectivity index (χ0v) is 18.1. The standard InChI is InChI=1S/C29H21N3O/c1-20(33)21-6-8-22(9-7-21)23-10-12-24(13-11-23)27-16-28(25-4-2-14-30-18-25)32-29(17-27)26-5-3-15-31-19-26/h2-19H,1H3. The largest absolute Gasteiger partial charge is 0.295 e. The number of pyridine rings is 3. The van der Waals surface area contributed by atoms with Crippen LogP contribution in [0.4, 0.5) is 0 Å². The van der Waals surface area contributed by atoms with Gasteiger partial charge in [0.05, 0.1) is 11.4 Å². The van der Waals surface area contributed by atoms with E-state index in [0.29, 0.717) is 0 Å². The Morgan fingerprint density at radius 3 is 1.45 bits per heavy atom. The third kappa shape index (κ3) is 4.46. The van der Waals surface area contributed by atoms with E-state index in [-0.39, 0.29) is 5.78 Å². The van der Waals surface area contributed by atoms with Gasteiger partial charge < -0.3 is 0 Å². The lowest BCUT2D eigenvalue weighted by Crippen LogP contribution is -1.92. The maximum absolute atomic E-state index is 11.5. The maximum atomic E-state index is 11.5. The fourth-order valence-corrected chi connectivity index (χ4v) is 3.77. The molecule has 33 heavy (non-hydrogen) atoms. The molecule has 4 nitrogen and oxygen atoms in total. The minimum absolute atomic E-state index is 0.0726. The highest BCUT2D eigenvalue weighted by Gasteiger charge is 2.10. The molecule has 158 valence electrons. The molecule has 0 unspecified atom stereocenters. The summed E-state index contributed by atoms with van der Waals surface area (Å²) in [5.41, 5.74) is 8.72. The Labute approximate surface area is 192 Å². The molecule has 0 N–H and O–H groups in total. The summed E-state index contributed by atoms with van der Waals surface area (Å²) in [5, 5.41) is 0. The molecule has 2 aromatic carbocycles. The third-order valence-electron chi connectivity index (χ3n) is 5.58. The van der Waals surface area contributed by atoms with Gasteiger partial charge in [0.1, 0.15) is 0 Å². The van der Waals surface area contributed by atoms with Gasteiger partial charge in [-0.1, -0.05) is 48.5 Å².